The van der Waals surface area contributed by atoms with Gasteiger partial charge in [0.05, 0.1) is 24.8 Å². The molecule has 0 bridgehead atoms. The van der Waals surface area contributed by atoms with Crippen LogP contribution in [0.5, 0.6) is 17.2 Å². The van der Waals surface area contributed by atoms with E-state index in [0.29, 0.717) is 51.5 Å². The molecule has 3 heterocycles. The van der Waals surface area contributed by atoms with Gasteiger partial charge in [0.15, 0.2) is 12.4 Å². The summed E-state index contributed by atoms with van der Waals surface area (Å²) in [5, 5.41) is 28.8. The molecular weight excluding hydrogens is 810 g/mol. The summed E-state index contributed by atoms with van der Waals surface area (Å²) in [6.45, 7) is 1.24. The molecule has 6 rings (SSSR count). The molecule has 3 aliphatic heterocycles. The van der Waals surface area contributed by atoms with Gasteiger partial charge in [0, 0.05) is 69.7 Å². The first kappa shape index (κ1) is 34.9. The fourth-order valence-corrected chi connectivity index (χ4v) is 5.75. The fraction of sp³-hybridized carbons (Fsp3) is 0.312. The molecule has 254 valence electrons. The molecule has 0 unspecified atom stereocenters. The van der Waals surface area contributed by atoms with Gasteiger partial charge in [0.1, 0.15) is 34.5 Å². The zero-order valence-corrected chi connectivity index (χ0v) is 29.4. The van der Waals surface area contributed by atoms with Crippen molar-refractivity contribution in [2.24, 2.45) is 20.5 Å². The van der Waals surface area contributed by atoms with Crippen molar-refractivity contribution >= 4 is 51.9 Å². The third-order valence-electron chi connectivity index (χ3n) is 7.94. The third kappa shape index (κ3) is 7.54. The number of amides is 2. The molecule has 0 aliphatic carbocycles. The summed E-state index contributed by atoms with van der Waals surface area (Å²) >= 11 is 0. The van der Waals surface area contributed by atoms with E-state index in [-0.39, 0.29) is 33.2 Å². The van der Waals surface area contributed by atoms with Crippen LogP contribution in [-0.2, 0) is 53.1 Å². The third-order valence-corrected chi connectivity index (χ3v) is 7.94. The number of non-ortho nitro benzene ring substituents is 1. The number of aryl methyl sites for hydroxylation is 1. The van der Waals surface area contributed by atoms with Crippen molar-refractivity contribution in [1.29, 1.82) is 0 Å². The minimum absolute atomic E-state index is 0. The van der Waals surface area contributed by atoms with E-state index >= 15 is 0 Å². The average Bonchev–Trinajstić information content (AvgIpc) is 3.41. The quantitative estimate of drug-likeness (QED) is 0.0736. The second-order valence-corrected chi connectivity index (χ2v) is 11.0. The van der Waals surface area contributed by atoms with E-state index in [0.717, 1.165) is 55.6 Å². The molecule has 0 radical (unpaired) electrons. The first-order valence-electron chi connectivity index (χ1n) is 15.1. The predicted octanol–water partition coefficient (Wildman–Crippen LogP) is 5.94. The number of methoxy groups -OCH3 is 2. The minimum Gasteiger partial charge on any atom is -0.494 e. The molecule has 1 fully saturated rings. The first-order valence-corrected chi connectivity index (χ1v) is 15.1. The second-order valence-electron chi connectivity index (χ2n) is 11.0. The maximum atomic E-state index is 12.6. The van der Waals surface area contributed by atoms with E-state index in [1.807, 2.05) is 6.07 Å². The molecule has 16 nitrogen and oxygen atoms in total. The molecule has 0 spiro atoms. The van der Waals surface area contributed by atoms with Crippen LogP contribution in [-0.4, -0.2) is 61.7 Å². The number of hydroxylamine groups is 2. The van der Waals surface area contributed by atoms with Gasteiger partial charge in [-0.2, -0.15) is 5.11 Å². The topological polar surface area (TPSA) is 187 Å². The smallest absolute Gasteiger partial charge is 0.370 e. The molecule has 1 saturated heterocycles. The summed E-state index contributed by atoms with van der Waals surface area (Å²) in [4.78, 5) is 54.1. The molecule has 0 saturated carbocycles. The molecular formula is C32H30N7O9W-. The summed E-state index contributed by atoms with van der Waals surface area (Å²) in [6.07, 6.45) is 4.38. The van der Waals surface area contributed by atoms with Crippen LogP contribution in [0.15, 0.2) is 62.9 Å². The molecule has 2 amide bonds. The average molecular weight is 840 g/mol. The Bertz CT molecular complexity index is 1830. The molecule has 3 aromatic carbocycles. The Balaban J connectivity index is 0.00000468. The summed E-state index contributed by atoms with van der Waals surface area (Å²) in [7, 11) is 2.92. The largest absolute Gasteiger partial charge is 0.494 e. The van der Waals surface area contributed by atoms with Crippen LogP contribution in [0.1, 0.15) is 30.4 Å². The number of imide groups is 1. The summed E-state index contributed by atoms with van der Waals surface area (Å²) in [5.74, 6) is -1.28. The van der Waals surface area contributed by atoms with Gasteiger partial charge in [-0.05, 0) is 49.4 Å². The number of anilines is 1. The van der Waals surface area contributed by atoms with Gasteiger partial charge in [-0.15, -0.1) is 20.4 Å². The SMILES string of the molecule is COc1cc(N=Nc2cc3c4c(c2OCC(=O)ON2C(=O)[CH-]CC2=O)CCCN4CCC3)c(OC)cc1N=Nc1ccc([N+](=O)[O-])cc1.[W]. The van der Waals surface area contributed by atoms with E-state index in [9.17, 15) is 24.5 Å². The summed E-state index contributed by atoms with van der Waals surface area (Å²) in [6, 6.07) is 10.6. The number of azo groups is 2. The molecule has 0 atom stereocenters. The van der Waals surface area contributed by atoms with Gasteiger partial charge in [-0.25, -0.2) is 4.79 Å². The minimum atomic E-state index is -0.919. The van der Waals surface area contributed by atoms with Crippen molar-refractivity contribution in [3.63, 3.8) is 0 Å². The standard InChI is InChI=1S/C32H30N7O9.W/c1-45-26-17-24(27(46-2)16-23(26)34-33-20-7-9-21(10-8-20)39(43)44)35-36-25-15-19-5-3-13-37-14-4-6-22(31(19)37)32(25)47-18-30(42)48-38-28(40)11-12-29(38)41;/h7-11,15-17H,3-6,12-14,18H2,1-2H3;/q-1;. The van der Waals surface area contributed by atoms with Crippen LogP contribution in [0.25, 0.3) is 0 Å². The number of ether oxygens (including phenoxy) is 3. The summed E-state index contributed by atoms with van der Waals surface area (Å²) < 4.78 is 17.1. The number of carbonyl (C=O) groups excluding carboxylic acids is 3. The Morgan fingerprint density at radius 3 is 2.16 bits per heavy atom. The van der Waals surface area contributed by atoms with E-state index in [1.54, 1.807) is 12.1 Å². The van der Waals surface area contributed by atoms with Crippen molar-refractivity contribution < 1.29 is 59.4 Å². The van der Waals surface area contributed by atoms with Gasteiger partial charge in [0.25, 0.3) is 5.69 Å². The van der Waals surface area contributed by atoms with Gasteiger partial charge >= 0.3 is 5.97 Å². The Kier molecular flexibility index (Phi) is 10.9. The van der Waals surface area contributed by atoms with Gasteiger partial charge in [-0.1, -0.05) is 6.42 Å². The van der Waals surface area contributed by atoms with Crippen LogP contribution in [0.3, 0.4) is 0 Å². The number of carbonyl (C=O) groups is 3. The molecule has 0 aromatic heterocycles. The number of benzene rings is 3. The second kappa shape index (κ2) is 15.2. The zero-order chi connectivity index (χ0) is 33.8. The predicted molar refractivity (Wildman–Crippen MR) is 169 cm³/mol. The molecule has 3 aromatic rings. The number of nitrogens with zero attached hydrogens (tertiary/aromatic N) is 7. The van der Waals surface area contributed by atoms with Gasteiger partial charge < -0.3 is 28.7 Å². The molecule has 49 heavy (non-hydrogen) atoms. The Hall–Kier alpha value is -5.37. The molecule has 0 N–H and O–H groups in total. The number of nitro benzene ring substituents is 1. The van der Waals surface area contributed by atoms with Crippen LogP contribution < -0.4 is 19.1 Å². The Morgan fingerprint density at radius 2 is 1.55 bits per heavy atom. The van der Waals surface area contributed by atoms with E-state index < -0.39 is 29.3 Å². The Labute approximate surface area is 294 Å². The normalized spacial score (nSPS) is 15.1. The van der Waals surface area contributed by atoms with Gasteiger partial charge in [0.2, 0.25) is 5.91 Å². The molecule has 3 aliphatic rings. The van der Waals surface area contributed by atoms with E-state index in [2.05, 4.69) is 25.4 Å². The van der Waals surface area contributed by atoms with Crippen molar-refractivity contribution in [3.8, 4) is 17.2 Å². The van der Waals surface area contributed by atoms with Crippen LogP contribution in [0.4, 0.5) is 34.1 Å². The fourth-order valence-electron chi connectivity index (χ4n) is 5.75. The van der Waals surface area contributed by atoms with Crippen LogP contribution in [0, 0.1) is 16.5 Å². The first-order chi connectivity index (χ1) is 23.2. The number of hydrogen-bond acceptors (Lipinski definition) is 14. The van der Waals surface area contributed by atoms with Crippen LogP contribution >= 0.6 is 0 Å². The maximum absolute atomic E-state index is 12.6. The van der Waals surface area contributed by atoms with Crippen molar-refractivity contribution in [1.82, 2.24) is 5.06 Å². The Morgan fingerprint density at radius 1 is 0.918 bits per heavy atom. The monoisotopic (exact) mass is 840 g/mol. The van der Waals surface area contributed by atoms with E-state index in [1.165, 1.54) is 38.5 Å². The number of nitro groups is 1. The van der Waals surface area contributed by atoms with Crippen molar-refractivity contribution in [2.75, 3.05) is 38.8 Å². The number of hydrogen-bond donors (Lipinski definition) is 0. The zero-order valence-electron chi connectivity index (χ0n) is 26.5. The van der Waals surface area contributed by atoms with E-state index in [4.69, 9.17) is 19.0 Å². The maximum Gasteiger partial charge on any atom is 0.370 e. The van der Waals surface area contributed by atoms with Crippen molar-refractivity contribution in [3.05, 3.63) is 70.1 Å². The number of rotatable bonds is 11. The molecule has 17 heteroatoms. The summed E-state index contributed by atoms with van der Waals surface area (Å²) in [5.41, 5.74) is 4.40. The van der Waals surface area contributed by atoms with Gasteiger partial charge in [-0.3, -0.25) is 21.3 Å². The van der Waals surface area contributed by atoms with Crippen LogP contribution in [0.2, 0.25) is 0 Å². The van der Waals surface area contributed by atoms with Crippen molar-refractivity contribution in [2.45, 2.75) is 32.1 Å².